The molecule has 0 aromatic carbocycles. The van der Waals surface area contributed by atoms with Gasteiger partial charge in [-0.1, -0.05) is 0 Å². The standard InChI is InChI=1S/Al.FH.2K.O.2H/h;1H;;;;;/q+1;;;;;;/p-1. The molecule has 0 radical (unpaired) electrons. The Kier molecular flexibility index (Phi) is 49.5. The van der Waals surface area contributed by atoms with Crippen molar-refractivity contribution in [3.63, 3.8) is 0 Å². The average molecular weight is 142 g/mol. The van der Waals surface area contributed by atoms with Crippen molar-refractivity contribution in [3.8, 4) is 0 Å². The Balaban J connectivity index is -0.0000000200. The Labute approximate surface area is 122 Å². The van der Waals surface area contributed by atoms with Crippen molar-refractivity contribution in [3.05, 3.63) is 0 Å². The zero-order valence-electron chi connectivity index (χ0n) is 1.36. The fraction of sp³-hybridized carbons (Fsp3) is 0. The van der Waals surface area contributed by atoms with Crippen LogP contribution in [0.3, 0.4) is 0 Å². The molecule has 0 rings (SSSR count). The number of rotatable bonds is 0. The van der Waals surface area contributed by atoms with Gasteiger partial charge in [-0.3, -0.25) is 0 Å². The molecule has 20 valence electrons. The zero-order chi connectivity index (χ0) is 2.71. The summed E-state index contributed by atoms with van der Waals surface area (Å²) in [5.41, 5.74) is 0. The van der Waals surface area contributed by atoms with Crippen LogP contribution in [-0.4, -0.2) is 118 Å². The number of hydrogen-bond donors (Lipinski definition) is 0. The molecule has 5 heteroatoms. The number of halogens is 1. The van der Waals surface area contributed by atoms with Crippen LogP contribution in [0.25, 0.3) is 0 Å². The second-order valence-corrected chi connectivity index (χ2v) is 0.267. The molecule has 0 aliphatic heterocycles. The van der Waals surface area contributed by atoms with Gasteiger partial charge >= 0.3 is 126 Å². The predicted molar refractivity (Wildman–Crippen MR) is 21.8 cm³/mol. The van der Waals surface area contributed by atoms with Crippen molar-refractivity contribution in [2.75, 3.05) is 0 Å². The molecule has 0 spiro atoms. The minimum absolute atomic E-state index is 0. The minimum atomic E-state index is -2.00. The molecule has 0 saturated carbocycles. The van der Waals surface area contributed by atoms with Gasteiger partial charge < -0.3 is 0 Å². The second kappa shape index (κ2) is 15.6. The van der Waals surface area contributed by atoms with Crippen LogP contribution in [0.2, 0.25) is 0 Å². The van der Waals surface area contributed by atoms with Gasteiger partial charge in [-0.2, -0.15) is 0 Å². The van der Waals surface area contributed by atoms with E-state index in [1.807, 2.05) is 0 Å². The summed E-state index contributed by atoms with van der Waals surface area (Å²) in [6, 6.07) is 0. The Hall–Kier alpha value is 3.54. The van der Waals surface area contributed by atoms with E-state index < -0.39 is 15.6 Å². The average Bonchev–Trinajstić information content (AvgIpc) is 0.918. The molecule has 0 fully saturated rings. The molecule has 0 amide bonds. The van der Waals surface area contributed by atoms with Crippen LogP contribution in [0, 0.1) is 0 Å². The Morgan fingerprint density at radius 2 is 1.40 bits per heavy atom. The maximum absolute atomic E-state index is 9.82. The van der Waals surface area contributed by atoms with Crippen molar-refractivity contribution >= 4 is 118 Å². The van der Waals surface area contributed by atoms with E-state index in [2.05, 4.69) is 0 Å². The first-order valence-electron chi connectivity index (χ1n) is 0.454. The molecule has 0 atom stereocenters. The SMILES string of the molecule is [KH].[KH].[O]=[Al][F]. The van der Waals surface area contributed by atoms with E-state index >= 15 is 0 Å². The molecule has 0 unspecified atom stereocenters. The molecular formula is H2AlFK2O. The molecule has 0 aromatic rings. The topological polar surface area (TPSA) is 17.1 Å². The van der Waals surface area contributed by atoms with Crippen LogP contribution < -0.4 is 0 Å². The Morgan fingerprint density at radius 3 is 1.40 bits per heavy atom. The molecule has 1 nitrogen and oxygen atoms in total. The Morgan fingerprint density at radius 1 is 1.40 bits per heavy atom. The van der Waals surface area contributed by atoms with Gasteiger partial charge in [0.05, 0.1) is 0 Å². The van der Waals surface area contributed by atoms with E-state index in [9.17, 15) is 3.52 Å². The van der Waals surface area contributed by atoms with Crippen LogP contribution in [0.5, 0.6) is 0 Å². The molecular weight excluding hydrogens is 140 g/mol. The van der Waals surface area contributed by atoms with E-state index in [1.54, 1.807) is 0 Å². The Bertz CT molecular complexity index is 17.1. The fourth-order valence-electron chi connectivity index (χ4n) is 0. The van der Waals surface area contributed by atoms with Crippen LogP contribution >= 0.6 is 0 Å². The summed E-state index contributed by atoms with van der Waals surface area (Å²) in [4.78, 5) is 0. The van der Waals surface area contributed by atoms with Gasteiger partial charge in [0, 0.05) is 0 Å². The first kappa shape index (κ1) is 15.8. The van der Waals surface area contributed by atoms with Gasteiger partial charge in [0.15, 0.2) is 0 Å². The van der Waals surface area contributed by atoms with E-state index in [1.165, 1.54) is 0 Å². The quantitative estimate of drug-likeness (QED) is 0.381. The summed E-state index contributed by atoms with van der Waals surface area (Å²) in [5, 5.41) is 0. The molecule has 0 heterocycles. The van der Waals surface area contributed by atoms with Gasteiger partial charge in [-0.05, 0) is 0 Å². The van der Waals surface area contributed by atoms with E-state index in [-0.39, 0.29) is 103 Å². The summed E-state index contributed by atoms with van der Waals surface area (Å²) in [6.45, 7) is 0. The van der Waals surface area contributed by atoms with Gasteiger partial charge in [-0.15, -0.1) is 0 Å². The fourth-order valence-corrected chi connectivity index (χ4v) is 0. The maximum atomic E-state index is 9.82. The molecule has 0 aliphatic carbocycles. The van der Waals surface area contributed by atoms with Gasteiger partial charge in [0.1, 0.15) is 0 Å². The monoisotopic (exact) mass is 142 g/mol. The summed E-state index contributed by atoms with van der Waals surface area (Å²) >= 11 is -2.00. The van der Waals surface area contributed by atoms with Crippen molar-refractivity contribution in [1.29, 1.82) is 0 Å². The third-order valence-corrected chi connectivity index (χ3v) is 0. The van der Waals surface area contributed by atoms with Crippen molar-refractivity contribution in [2.45, 2.75) is 0 Å². The van der Waals surface area contributed by atoms with Gasteiger partial charge in [-0.25, -0.2) is 0 Å². The van der Waals surface area contributed by atoms with Crippen LogP contribution in [0.15, 0.2) is 0 Å². The third kappa shape index (κ3) is 18.5. The molecule has 5 heavy (non-hydrogen) atoms. The van der Waals surface area contributed by atoms with Crippen molar-refractivity contribution in [1.82, 2.24) is 0 Å². The van der Waals surface area contributed by atoms with E-state index in [4.69, 9.17) is 3.80 Å². The van der Waals surface area contributed by atoms with E-state index in [0.29, 0.717) is 0 Å². The zero-order valence-corrected chi connectivity index (χ0v) is 2.52. The summed E-state index contributed by atoms with van der Waals surface area (Å²) in [6.07, 6.45) is 0. The second-order valence-electron chi connectivity index (χ2n) is 0.0891. The van der Waals surface area contributed by atoms with E-state index in [0.717, 1.165) is 0 Å². The third-order valence-electron chi connectivity index (χ3n) is 0. The van der Waals surface area contributed by atoms with Crippen LogP contribution in [0.1, 0.15) is 0 Å². The van der Waals surface area contributed by atoms with Crippen LogP contribution in [0.4, 0.5) is 3.52 Å². The molecule has 0 bridgehead atoms. The number of hydrogen-bond acceptors (Lipinski definition) is 1. The summed E-state index contributed by atoms with van der Waals surface area (Å²) in [5.74, 6) is 0. The first-order chi connectivity index (χ1) is 1.41. The summed E-state index contributed by atoms with van der Waals surface area (Å²) in [7, 11) is 0. The first-order valence-corrected chi connectivity index (χ1v) is 1.36. The predicted octanol–water partition coefficient (Wildman–Crippen LogP) is -1.38. The van der Waals surface area contributed by atoms with Crippen LogP contribution in [-0.2, 0) is 3.80 Å². The van der Waals surface area contributed by atoms with Gasteiger partial charge in [0.2, 0.25) is 0 Å². The molecule has 0 aromatic heterocycles. The molecule has 0 N–H and O–H groups in total. The summed E-state index contributed by atoms with van der Waals surface area (Å²) < 4.78 is 18.2. The van der Waals surface area contributed by atoms with Crippen molar-refractivity contribution in [2.24, 2.45) is 0 Å². The molecule has 0 saturated heterocycles. The normalized spacial score (nSPS) is 1.80. The molecule has 0 aliphatic rings. The van der Waals surface area contributed by atoms with Crippen molar-refractivity contribution < 1.29 is 7.33 Å². The van der Waals surface area contributed by atoms with Gasteiger partial charge in [0.25, 0.3) is 0 Å².